The Morgan fingerprint density at radius 1 is 1.12 bits per heavy atom. The Hall–Kier alpha value is -0.153. The van der Waals surface area contributed by atoms with E-state index in [1.54, 1.807) is 7.11 Å². The van der Waals surface area contributed by atoms with Crippen LogP contribution in [0.25, 0.3) is 0 Å². The second-order valence-corrected chi connectivity index (χ2v) is 16.8. The normalized spacial score (nSPS) is 21.2. The van der Waals surface area contributed by atoms with Gasteiger partial charge in [-0.2, -0.15) is 0 Å². The molecule has 0 bridgehead atoms. The van der Waals surface area contributed by atoms with Crippen molar-refractivity contribution in [2.75, 3.05) is 11.5 Å². The predicted octanol–water partition coefficient (Wildman–Crippen LogP) is 7.92. The highest BCUT2D eigenvalue weighted by atomic mass is 127. The van der Waals surface area contributed by atoms with Crippen LogP contribution in [0.1, 0.15) is 78.2 Å². The molecule has 6 heteroatoms. The maximum atomic E-state index is 6.80. The molecule has 33 heavy (non-hydrogen) atoms. The summed E-state index contributed by atoms with van der Waals surface area (Å²) in [6.07, 6.45) is 8.62. The average Bonchev–Trinajstić information content (AvgIpc) is 3.21. The molecule has 2 rings (SSSR count). The van der Waals surface area contributed by atoms with E-state index in [4.69, 9.17) is 18.6 Å². The molecule has 1 aliphatic rings. The van der Waals surface area contributed by atoms with Crippen molar-refractivity contribution in [1.29, 1.82) is 0 Å². The Kier molecular flexibility index (Phi) is 12.2. The van der Waals surface area contributed by atoms with E-state index in [9.17, 15) is 0 Å². The van der Waals surface area contributed by atoms with Gasteiger partial charge in [-0.15, -0.1) is 0 Å². The van der Waals surface area contributed by atoms with Crippen LogP contribution in [-0.2, 0) is 20.5 Å². The predicted molar refractivity (Wildman–Crippen MR) is 149 cm³/mol. The molecule has 0 N–H and O–H groups in total. The monoisotopic (exact) mass is 590 g/mol. The Bertz CT molecular complexity index is 674. The molecule has 1 heterocycles. The lowest BCUT2D eigenvalue weighted by molar-refractivity contribution is -0.0848. The number of unbranched alkanes of at least 4 members (excludes halogenated alkanes) is 1. The van der Waals surface area contributed by atoms with Gasteiger partial charge in [0.1, 0.15) is 5.75 Å². The molecule has 0 aliphatic carbocycles. The topological polar surface area (TPSA) is 36.9 Å². The van der Waals surface area contributed by atoms with Crippen molar-refractivity contribution in [1.82, 2.24) is 0 Å². The average molecular weight is 591 g/mol. The molecule has 0 spiro atoms. The van der Waals surface area contributed by atoms with Crippen LogP contribution in [0, 0.1) is 0 Å². The van der Waals surface area contributed by atoms with Crippen LogP contribution in [0.2, 0.25) is 18.1 Å². The maximum Gasteiger partial charge on any atom is 0.192 e. The summed E-state index contributed by atoms with van der Waals surface area (Å²) in [5.41, 5.74) is 1.18. The molecule has 0 unspecified atom stereocenters. The van der Waals surface area contributed by atoms with Gasteiger partial charge in [-0.05, 0) is 67.9 Å². The summed E-state index contributed by atoms with van der Waals surface area (Å²) >= 11 is 2.48. The van der Waals surface area contributed by atoms with Crippen LogP contribution in [-0.4, -0.2) is 44.3 Å². The largest absolute Gasteiger partial charge is 0.497 e. The van der Waals surface area contributed by atoms with Crippen molar-refractivity contribution in [2.45, 2.75) is 122 Å². The lowest BCUT2D eigenvalue weighted by atomic mass is 10.0. The molecule has 0 radical (unpaired) electrons. The van der Waals surface area contributed by atoms with Crippen LogP contribution < -0.4 is 4.74 Å². The minimum atomic E-state index is -1.78. The lowest BCUT2D eigenvalue weighted by Crippen LogP contribution is -2.44. The van der Waals surface area contributed by atoms with Crippen LogP contribution >= 0.6 is 22.6 Å². The van der Waals surface area contributed by atoms with Crippen molar-refractivity contribution >= 4 is 30.9 Å². The smallest absolute Gasteiger partial charge is 0.192 e. The first kappa shape index (κ1) is 29.1. The van der Waals surface area contributed by atoms with Crippen LogP contribution in [0.5, 0.6) is 5.75 Å². The van der Waals surface area contributed by atoms with E-state index in [0.717, 1.165) is 42.3 Å². The third kappa shape index (κ3) is 9.43. The molecular formula is C27H47IO4Si. The zero-order valence-electron chi connectivity index (χ0n) is 22.0. The number of alkyl halides is 1. The van der Waals surface area contributed by atoms with Gasteiger partial charge in [0.15, 0.2) is 8.32 Å². The number of ether oxygens (including phenoxy) is 3. The van der Waals surface area contributed by atoms with Gasteiger partial charge in [-0.3, -0.25) is 0 Å². The van der Waals surface area contributed by atoms with Crippen molar-refractivity contribution in [3.8, 4) is 5.75 Å². The number of hydrogen-bond donors (Lipinski definition) is 0. The Labute approximate surface area is 217 Å². The first-order valence-electron chi connectivity index (χ1n) is 12.7. The van der Waals surface area contributed by atoms with Gasteiger partial charge >= 0.3 is 0 Å². The zero-order valence-corrected chi connectivity index (χ0v) is 25.2. The van der Waals surface area contributed by atoms with E-state index in [1.807, 2.05) is 12.1 Å². The number of hydrogen-bond acceptors (Lipinski definition) is 4. The third-order valence-corrected chi connectivity index (χ3v) is 12.4. The summed E-state index contributed by atoms with van der Waals surface area (Å²) in [7, 11) is -0.0866. The van der Waals surface area contributed by atoms with Crippen LogP contribution in [0.15, 0.2) is 24.3 Å². The van der Waals surface area contributed by atoms with E-state index < -0.39 is 8.32 Å². The van der Waals surface area contributed by atoms with Crippen LogP contribution in [0.3, 0.4) is 0 Å². The van der Waals surface area contributed by atoms with E-state index in [0.29, 0.717) is 12.7 Å². The molecule has 1 aromatic rings. The van der Waals surface area contributed by atoms with E-state index in [2.05, 4.69) is 75.5 Å². The summed E-state index contributed by atoms with van der Waals surface area (Å²) in [5, 5.41) is 0.232. The maximum absolute atomic E-state index is 6.80. The summed E-state index contributed by atoms with van der Waals surface area (Å²) < 4.78 is 26.2. The van der Waals surface area contributed by atoms with Gasteiger partial charge < -0.3 is 18.6 Å². The number of halogens is 1. The summed E-state index contributed by atoms with van der Waals surface area (Å²) in [4.78, 5) is 0. The van der Waals surface area contributed by atoms with Crippen LogP contribution in [0.4, 0.5) is 0 Å². The SMILES string of the molecule is CCCC[C@H](OCc1ccc(OC)cc1)[C@@H]1CC[C@@H](C[C@@H](CCI)O[Si](C)(C)C(C)(C)C)O1. The quantitative estimate of drug-likeness (QED) is 0.125. The lowest BCUT2D eigenvalue weighted by Gasteiger charge is -2.40. The highest BCUT2D eigenvalue weighted by molar-refractivity contribution is 14.1. The Balaban J connectivity index is 1.95. The minimum absolute atomic E-state index is 0.154. The summed E-state index contributed by atoms with van der Waals surface area (Å²) in [6.45, 7) is 14.5. The summed E-state index contributed by atoms with van der Waals surface area (Å²) in [6, 6.07) is 8.16. The fourth-order valence-electron chi connectivity index (χ4n) is 4.12. The fourth-order valence-corrected chi connectivity index (χ4v) is 6.22. The molecule has 1 aromatic carbocycles. The van der Waals surface area contributed by atoms with Gasteiger partial charge in [0.05, 0.1) is 32.0 Å². The second-order valence-electron chi connectivity index (χ2n) is 10.9. The van der Waals surface area contributed by atoms with Gasteiger partial charge in [0, 0.05) is 10.5 Å². The minimum Gasteiger partial charge on any atom is -0.497 e. The number of methoxy groups -OCH3 is 1. The zero-order chi connectivity index (χ0) is 24.5. The Morgan fingerprint density at radius 2 is 1.82 bits per heavy atom. The van der Waals surface area contributed by atoms with Gasteiger partial charge in [-0.25, -0.2) is 0 Å². The molecule has 4 atom stereocenters. The fraction of sp³-hybridized carbons (Fsp3) is 0.778. The van der Waals surface area contributed by atoms with Crippen molar-refractivity contribution in [3.63, 3.8) is 0 Å². The number of rotatable bonds is 14. The highest BCUT2D eigenvalue weighted by Gasteiger charge is 2.40. The molecule has 1 aliphatic heterocycles. The standard InChI is InChI=1S/C27H47IO4Si/c1-8-9-10-25(30-20-21-11-13-22(29-5)14-12-21)26-16-15-23(31-26)19-24(17-18-28)32-33(6,7)27(2,3)4/h11-14,23-26H,8-10,15-20H2,1-7H3/t23-,24+,25-,26-/m0/s1. The van der Waals surface area contributed by atoms with Crippen molar-refractivity contribution in [2.24, 2.45) is 0 Å². The molecule has 0 aromatic heterocycles. The highest BCUT2D eigenvalue weighted by Crippen LogP contribution is 2.39. The Morgan fingerprint density at radius 3 is 2.39 bits per heavy atom. The first-order chi connectivity index (χ1) is 15.6. The first-order valence-corrected chi connectivity index (χ1v) is 17.2. The van der Waals surface area contributed by atoms with Gasteiger partial charge in [0.25, 0.3) is 0 Å². The molecule has 0 amide bonds. The van der Waals surface area contributed by atoms with Gasteiger partial charge in [-0.1, -0.05) is 75.3 Å². The van der Waals surface area contributed by atoms with E-state index >= 15 is 0 Å². The van der Waals surface area contributed by atoms with Gasteiger partial charge in [0.2, 0.25) is 0 Å². The van der Waals surface area contributed by atoms with E-state index in [-0.39, 0.29) is 23.4 Å². The van der Waals surface area contributed by atoms with Crippen molar-refractivity contribution in [3.05, 3.63) is 29.8 Å². The van der Waals surface area contributed by atoms with E-state index in [1.165, 1.54) is 18.4 Å². The molecule has 0 saturated carbocycles. The molecule has 1 fully saturated rings. The molecule has 4 nitrogen and oxygen atoms in total. The summed E-state index contributed by atoms with van der Waals surface area (Å²) in [5.74, 6) is 0.879. The molecule has 190 valence electrons. The number of benzene rings is 1. The van der Waals surface area contributed by atoms with Crippen molar-refractivity contribution < 1.29 is 18.6 Å². The third-order valence-electron chi connectivity index (χ3n) is 7.24. The second kappa shape index (κ2) is 13.8. The molecular weight excluding hydrogens is 543 g/mol. The molecule has 1 saturated heterocycles.